The van der Waals surface area contributed by atoms with Crippen molar-refractivity contribution in [2.75, 3.05) is 13.7 Å². The van der Waals surface area contributed by atoms with Crippen LogP contribution in [0.25, 0.3) is 6.08 Å². The second-order valence-corrected chi connectivity index (χ2v) is 8.43. The molecule has 1 fully saturated rings. The number of nitro benzene ring substituents is 1. The van der Waals surface area contributed by atoms with Gasteiger partial charge in [0.05, 0.1) is 21.8 Å². The zero-order valence-electron chi connectivity index (χ0n) is 15.4. The van der Waals surface area contributed by atoms with Crippen molar-refractivity contribution >= 4 is 64.0 Å². The first-order chi connectivity index (χ1) is 14.3. The number of amides is 2. The van der Waals surface area contributed by atoms with E-state index in [1.165, 1.54) is 23.9 Å². The minimum atomic E-state index is -0.724. The molecule has 1 aliphatic heterocycles. The molecule has 1 heterocycles. The van der Waals surface area contributed by atoms with E-state index in [9.17, 15) is 24.5 Å². The van der Waals surface area contributed by atoms with E-state index in [4.69, 9.17) is 11.6 Å². The van der Waals surface area contributed by atoms with Gasteiger partial charge in [0.15, 0.2) is 0 Å². The number of carbonyl (C=O) groups excluding carboxylic acids is 3. The number of carbonyl (C=O) groups is 3. The molecular weight excluding hydrogens is 452 g/mol. The quantitative estimate of drug-likeness (QED) is 0.264. The second-order valence-electron chi connectivity index (χ2n) is 5.88. The molecule has 0 N–H and O–H groups in total. The summed E-state index contributed by atoms with van der Waals surface area (Å²) in [6.45, 7) is -0.491. The fourth-order valence-corrected chi connectivity index (χ4v) is 4.33. The number of halogens is 1. The Labute approximate surface area is 184 Å². The standard InChI is InChI=1S/C19H13ClN2O6S2/c1-28-17(23)10-21-18(24)16(30-19(21)25)9-11-2-7-15(14(8-11)22(26)27)29-13-5-3-12(20)4-6-13/h2-9H,10H2,1H3/b16-9-. The van der Waals surface area contributed by atoms with Crippen LogP contribution in [0, 0.1) is 10.1 Å². The minimum absolute atomic E-state index is 0.0660. The number of thioether (sulfide) groups is 1. The number of imide groups is 1. The van der Waals surface area contributed by atoms with Crippen LogP contribution in [-0.4, -0.2) is 40.6 Å². The van der Waals surface area contributed by atoms with E-state index in [1.807, 2.05) is 0 Å². The van der Waals surface area contributed by atoms with E-state index in [0.29, 0.717) is 27.2 Å². The normalized spacial score (nSPS) is 15.0. The van der Waals surface area contributed by atoms with Crippen LogP contribution >= 0.6 is 35.1 Å². The van der Waals surface area contributed by atoms with Crippen LogP contribution in [0.15, 0.2) is 57.2 Å². The molecule has 3 rings (SSSR count). The average molecular weight is 465 g/mol. The summed E-state index contributed by atoms with van der Waals surface area (Å²) >= 11 is 7.72. The number of hydrogen-bond acceptors (Lipinski definition) is 8. The van der Waals surface area contributed by atoms with E-state index in [-0.39, 0.29) is 10.6 Å². The second kappa shape index (κ2) is 9.33. The molecule has 1 saturated heterocycles. The van der Waals surface area contributed by atoms with Gasteiger partial charge in [-0.05, 0) is 53.7 Å². The average Bonchev–Trinajstić information content (AvgIpc) is 2.97. The van der Waals surface area contributed by atoms with E-state index in [2.05, 4.69) is 4.74 Å². The molecule has 1 aliphatic rings. The van der Waals surface area contributed by atoms with Crippen molar-refractivity contribution in [1.29, 1.82) is 0 Å². The van der Waals surface area contributed by atoms with Gasteiger partial charge in [-0.25, -0.2) is 0 Å². The maximum absolute atomic E-state index is 12.4. The summed E-state index contributed by atoms with van der Waals surface area (Å²) in [5.41, 5.74) is 0.239. The lowest BCUT2D eigenvalue weighted by molar-refractivity contribution is -0.387. The van der Waals surface area contributed by atoms with Crippen LogP contribution in [0.1, 0.15) is 5.56 Å². The number of benzene rings is 2. The van der Waals surface area contributed by atoms with Crippen LogP contribution in [0.4, 0.5) is 10.5 Å². The molecule has 2 amide bonds. The maximum atomic E-state index is 12.4. The lowest BCUT2D eigenvalue weighted by atomic mass is 10.2. The Morgan fingerprint density at radius 3 is 2.60 bits per heavy atom. The van der Waals surface area contributed by atoms with Gasteiger partial charge in [0.25, 0.3) is 16.8 Å². The number of nitrogens with zero attached hydrogens (tertiary/aromatic N) is 2. The molecule has 2 aromatic carbocycles. The summed E-state index contributed by atoms with van der Waals surface area (Å²) in [4.78, 5) is 48.8. The summed E-state index contributed by atoms with van der Waals surface area (Å²) in [6, 6.07) is 11.4. The number of rotatable bonds is 6. The summed E-state index contributed by atoms with van der Waals surface area (Å²) < 4.78 is 4.47. The molecule has 8 nitrogen and oxygen atoms in total. The highest BCUT2D eigenvalue weighted by atomic mass is 35.5. The van der Waals surface area contributed by atoms with Crippen molar-refractivity contribution in [3.05, 3.63) is 68.1 Å². The largest absolute Gasteiger partial charge is 0.468 e. The molecule has 0 bridgehead atoms. The van der Waals surface area contributed by atoms with Gasteiger partial charge in [-0.3, -0.25) is 29.4 Å². The molecule has 0 aliphatic carbocycles. The molecule has 30 heavy (non-hydrogen) atoms. The smallest absolute Gasteiger partial charge is 0.325 e. The van der Waals surface area contributed by atoms with Gasteiger partial charge in [0.1, 0.15) is 6.54 Å². The van der Waals surface area contributed by atoms with Gasteiger partial charge in [-0.2, -0.15) is 0 Å². The van der Waals surface area contributed by atoms with Gasteiger partial charge in [-0.1, -0.05) is 29.4 Å². The summed E-state index contributed by atoms with van der Waals surface area (Å²) in [5.74, 6) is -1.38. The van der Waals surface area contributed by atoms with Crippen molar-refractivity contribution in [3.8, 4) is 0 Å². The van der Waals surface area contributed by atoms with Gasteiger partial charge < -0.3 is 4.74 Å². The Hall–Kier alpha value is -2.82. The zero-order valence-corrected chi connectivity index (χ0v) is 17.8. The molecule has 0 spiro atoms. The van der Waals surface area contributed by atoms with E-state index >= 15 is 0 Å². The van der Waals surface area contributed by atoms with Gasteiger partial charge in [0.2, 0.25) is 0 Å². The zero-order chi connectivity index (χ0) is 21.8. The molecule has 0 saturated carbocycles. The maximum Gasteiger partial charge on any atom is 0.325 e. The number of nitro groups is 1. The lowest BCUT2D eigenvalue weighted by Gasteiger charge is -2.09. The third-order valence-corrected chi connectivity index (χ3v) is 6.14. The van der Waals surface area contributed by atoms with E-state index < -0.39 is 28.6 Å². The molecule has 0 atom stereocenters. The number of esters is 1. The van der Waals surface area contributed by atoms with Gasteiger partial charge >= 0.3 is 5.97 Å². The van der Waals surface area contributed by atoms with E-state index in [0.717, 1.165) is 16.9 Å². The Morgan fingerprint density at radius 2 is 1.97 bits per heavy atom. The Bertz CT molecular complexity index is 1070. The number of ether oxygens (including phenoxy) is 1. The summed E-state index contributed by atoms with van der Waals surface area (Å²) in [7, 11) is 1.15. The van der Waals surface area contributed by atoms with Gasteiger partial charge in [-0.15, -0.1) is 0 Å². The monoisotopic (exact) mass is 464 g/mol. The molecule has 0 radical (unpaired) electrons. The predicted octanol–water partition coefficient (Wildman–Crippen LogP) is 4.61. The first kappa shape index (κ1) is 21.9. The Balaban J connectivity index is 1.86. The Morgan fingerprint density at radius 1 is 1.27 bits per heavy atom. The predicted molar refractivity (Wildman–Crippen MR) is 113 cm³/mol. The van der Waals surface area contributed by atoms with Crippen LogP contribution in [0.2, 0.25) is 5.02 Å². The Kier molecular flexibility index (Phi) is 6.80. The van der Waals surface area contributed by atoms with Crippen molar-refractivity contribution in [2.24, 2.45) is 0 Å². The van der Waals surface area contributed by atoms with Crippen molar-refractivity contribution < 1.29 is 24.0 Å². The highest BCUT2D eigenvalue weighted by Crippen LogP contribution is 2.37. The lowest BCUT2D eigenvalue weighted by Crippen LogP contribution is -2.34. The molecule has 0 aromatic heterocycles. The summed E-state index contributed by atoms with van der Waals surface area (Å²) in [6.07, 6.45) is 1.38. The van der Waals surface area contributed by atoms with E-state index in [1.54, 1.807) is 36.4 Å². The number of hydrogen-bond donors (Lipinski definition) is 0. The van der Waals surface area contributed by atoms with Gasteiger partial charge in [0, 0.05) is 16.0 Å². The van der Waals surface area contributed by atoms with Crippen molar-refractivity contribution in [2.45, 2.75) is 9.79 Å². The fraction of sp³-hybridized carbons (Fsp3) is 0.105. The minimum Gasteiger partial charge on any atom is -0.468 e. The third-order valence-electron chi connectivity index (χ3n) is 3.91. The topological polar surface area (TPSA) is 107 Å². The summed E-state index contributed by atoms with van der Waals surface area (Å²) in [5, 5.41) is 11.5. The molecule has 0 unspecified atom stereocenters. The molecule has 154 valence electrons. The van der Waals surface area contributed by atoms with Crippen molar-refractivity contribution in [1.82, 2.24) is 4.90 Å². The van der Waals surface area contributed by atoms with Crippen molar-refractivity contribution in [3.63, 3.8) is 0 Å². The van der Waals surface area contributed by atoms with Crippen LogP contribution < -0.4 is 0 Å². The fourth-order valence-electron chi connectivity index (χ4n) is 2.46. The first-order valence-corrected chi connectivity index (χ1v) is 10.3. The SMILES string of the molecule is COC(=O)CN1C(=O)S/C(=C\c2ccc(Sc3ccc(Cl)cc3)c([N+](=O)[O-])c2)C1=O. The molecule has 11 heteroatoms. The van der Waals surface area contributed by atoms with Crippen LogP contribution in [-0.2, 0) is 14.3 Å². The number of methoxy groups -OCH3 is 1. The van der Waals surface area contributed by atoms with Crippen LogP contribution in [0.3, 0.4) is 0 Å². The first-order valence-electron chi connectivity index (χ1n) is 8.32. The highest BCUT2D eigenvalue weighted by Gasteiger charge is 2.36. The third kappa shape index (κ3) is 5.02. The molecule has 2 aromatic rings. The highest BCUT2D eigenvalue weighted by molar-refractivity contribution is 8.18. The van der Waals surface area contributed by atoms with Crippen LogP contribution in [0.5, 0.6) is 0 Å². The molecular formula is C19H13ClN2O6S2.